The van der Waals surface area contributed by atoms with Crippen LogP contribution in [0.3, 0.4) is 0 Å². The summed E-state index contributed by atoms with van der Waals surface area (Å²) in [6.07, 6.45) is 0. The maximum atomic E-state index is 13.1. The van der Waals surface area contributed by atoms with Gasteiger partial charge in [0.25, 0.3) is 5.91 Å². The summed E-state index contributed by atoms with van der Waals surface area (Å²) in [6, 6.07) is 21.0. The fourth-order valence-corrected chi connectivity index (χ4v) is 3.85. The Bertz CT molecular complexity index is 978. The predicted octanol–water partition coefficient (Wildman–Crippen LogP) is 4.20. The molecule has 1 aliphatic rings. The van der Waals surface area contributed by atoms with Gasteiger partial charge in [-0.15, -0.1) is 0 Å². The molecule has 0 bridgehead atoms. The molecule has 0 saturated carbocycles. The van der Waals surface area contributed by atoms with Crippen molar-refractivity contribution in [3.8, 4) is 5.75 Å². The second-order valence-electron chi connectivity index (χ2n) is 7.62. The van der Waals surface area contributed by atoms with Gasteiger partial charge in [0.05, 0.1) is 32.4 Å². The van der Waals surface area contributed by atoms with E-state index in [9.17, 15) is 4.79 Å². The van der Waals surface area contributed by atoms with Crippen molar-refractivity contribution in [3.05, 3.63) is 89.4 Å². The van der Waals surface area contributed by atoms with Gasteiger partial charge in [-0.05, 0) is 42.3 Å². The van der Waals surface area contributed by atoms with E-state index in [1.807, 2.05) is 60.7 Å². The number of ether oxygens (including phenoxy) is 2. The average molecular weight is 421 g/mol. The maximum absolute atomic E-state index is 13.1. The van der Waals surface area contributed by atoms with Crippen LogP contribution in [0.15, 0.2) is 71.1 Å². The van der Waals surface area contributed by atoms with Gasteiger partial charge < -0.3 is 19.2 Å². The number of carbonyl (C=O) groups is 1. The fourth-order valence-electron chi connectivity index (χ4n) is 3.85. The largest absolute Gasteiger partial charge is 0.497 e. The minimum absolute atomic E-state index is 0.0944. The fraction of sp³-hybridized carbons (Fsp3) is 0.320. The van der Waals surface area contributed by atoms with E-state index in [4.69, 9.17) is 13.9 Å². The molecule has 1 aliphatic heterocycles. The average Bonchev–Trinajstić information content (AvgIpc) is 3.34. The van der Waals surface area contributed by atoms with Crippen LogP contribution in [0.2, 0.25) is 0 Å². The van der Waals surface area contributed by atoms with E-state index in [1.165, 1.54) is 0 Å². The van der Waals surface area contributed by atoms with Crippen molar-refractivity contribution in [1.82, 2.24) is 10.2 Å². The van der Waals surface area contributed by atoms with E-state index < -0.39 is 0 Å². The van der Waals surface area contributed by atoms with Gasteiger partial charge in [-0.25, -0.2) is 0 Å². The van der Waals surface area contributed by atoms with Crippen LogP contribution < -0.4 is 10.1 Å². The Balaban J connectivity index is 1.53. The molecule has 3 aromatic rings. The molecule has 1 fully saturated rings. The van der Waals surface area contributed by atoms with Gasteiger partial charge in [0.1, 0.15) is 11.5 Å². The predicted molar refractivity (Wildman–Crippen MR) is 118 cm³/mol. The van der Waals surface area contributed by atoms with Gasteiger partial charge >= 0.3 is 0 Å². The van der Waals surface area contributed by atoms with E-state index >= 15 is 0 Å². The lowest BCUT2D eigenvalue weighted by Crippen LogP contribution is -2.37. The smallest absolute Gasteiger partial charge is 0.287 e. The number of nitrogens with zero attached hydrogens (tertiary/aromatic N) is 1. The summed E-state index contributed by atoms with van der Waals surface area (Å²) in [4.78, 5) is 15.4. The van der Waals surface area contributed by atoms with Crippen molar-refractivity contribution in [3.63, 3.8) is 0 Å². The van der Waals surface area contributed by atoms with Crippen molar-refractivity contribution in [2.45, 2.75) is 19.0 Å². The van der Waals surface area contributed by atoms with Gasteiger partial charge in [-0.3, -0.25) is 9.69 Å². The zero-order valence-electron chi connectivity index (χ0n) is 17.9. The summed E-state index contributed by atoms with van der Waals surface area (Å²) in [5.41, 5.74) is 1.96. The summed E-state index contributed by atoms with van der Waals surface area (Å²) < 4.78 is 16.6. The Labute approximate surface area is 182 Å². The van der Waals surface area contributed by atoms with Crippen LogP contribution in [-0.2, 0) is 4.74 Å². The minimum atomic E-state index is -0.301. The topological polar surface area (TPSA) is 63.9 Å². The van der Waals surface area contributed by atoms with Crippen LogP contribution in [0.5, 0.6) is 5.75 Å². The molecule has 1 saturated heterocycles. The van der Waals surface area contributed by atoms with Gasteiger partial charge in [0.2, 0.25) is 0 Å². The first kappa shape index (κ1) is 21.2. The van der Waals surface area contributed by atoms with Gasteiger partial charge in [0.15, 0.2) is 5.76 Å². The van der Waals surface area contributed by atoms with E-state index in [0.29, 0.717) is 5.76 Å². The van der Waals surface area contributed by atoms with E-state index in [0.717, 1.165) is 48.9 Å². The number of nitrogens with one attached hydrogen (secondary N) is 1. The van der Waals surface area contributed by atoms with E-state index in [1.54, 1.807) is 13.2 Å². The third-order valence-electron chi connectivity index (χ3n) is 5.71. The number of morpholine rings is 1. The normalized spacial score (nSPS) is 16.5. The Kier molecular flexibility index (Phi) is 6.70. The SMILES string of the molecule is COc1ccc([C@H](NC(=O)c2ccc([C@@H](C)N3CCOCC3)o2)c2ccccc2)cc1. The minimum Gasteiger partial charge on any atom is -0.497 e. The lowest BCUT2D eigenvalue weighted by atomic mass is 9.98. The second kappa shape index (κ2) is 9.81. The number of furan rings is 1. The zero-order valence-corrected chi connectivity index (χ0v) is 17.9. The number of amides is 1. The van der Waals surface area contributed by atoms with Crippen molar-refractivity contribution in [1.29, 1.82) is 0 Å². The Morgan fingerprint density at radius 1 is 0.968 bits per heavy atom. The number of benzene rings is 2. The van der Waals surface area contributed by atoms with Crippen molar-refractivity contribution in [2.24, 2.45) is 0 Å². The van der Waals surface area contributed by atoms with Crippen LogP contribution >= 0.6 is 0 Å². The van der Waals surface area contributed by atoms with Crippen molar-refractivity contribution >= 4 is 5.91 Å². The van der Waals surface area contributed by atoms with Crippen LogP contribution in [0, 0.1) is 0 Å². The Morgan fingerprint density at radius 2 is 1.65 bits per heavy atom. The standard InChI is InChI=1S/C25H28N2O4/c1-18(27-14-16-30-17-15-27)22-12-13-23(31-22)25(28)26-24(19-6-4-3-5-7-19)20-8-10-21(29-2)11-9-20/h3-13,18,24H,14-17H2,1-2H3,(H,26,28)/t18-,24-/m1/s1. The van der Waals surface area contributed by atoms with Crippen LogP contribution in [0.1, 0.15) is 46.4 Å². The third-order valence-corrected chi connectivity index (χ3v) is 5.71. The Morgan fingerprint density at radius 3 is 2.32 bits per heavy atom. The van der Waals surface area contributed by atoms with Gasteiger partial charge in [-0.1, -0.05) is 42.5 Å². The number of rotatable bonds is 7. The van der Waals surface area contributed by atoms with E-state index in [-0.39, 0.29) is 18.0 Å². The van der Waals surface area contributed by atoms with Crippen molar-refractivity contribution in [2.75, 3.05) is 33.4 Å². The maximum Gasteiger partial charge on any atom is 0.287 e. The van der Waals surface area contributed by atoms with Crippen LogP contribution in [0.25, 0.3) is 0 Å². The summed E-state index contributed by atoms with van der Waals surface area (Å²) in [7, 11) is 1.64. The molecule has 2 aromatic carbocycles. The number of hydrogen-bond donors (Lipinski definition) is 1. The zero-order chi connectivity index (χ0) is 21.6. The lowest BCUT2D eigenvalue weighted by molar-refractivity contribution is 0.0155. The molecule has 2 heterocycles. The molecular formula is C25H28N2O4. The van der Waals surface area contributed by atoms with Crippen LogP contribution in [-0.4, -0.2) is 44.2 Å². The molecule has 2 atom stereocenters. The highest BCUT2D eigenvalue weighted by molar-refractivity contribution is 5.92. The molecule has 0 spiro atoms. The lowest BCUT2D eigenvalue weighted by Gasteiger charge is -2.31. The molecule has 6 heteroatoms. The third kappa shape index (κ3) is 4.98. The first-order valence-electron chi connectivity index (χ1n) is 10.6. The van der Waals surface area contributed by atoms with Gasteiger partial charge in [-0.2, -0.15) is 0 Å². The number of methoxy groups -OCH3 is 1. The number of carbonyl (C=O) groups excluding carboxylic acids is 1. The summed E-state index contributed by atoms with van der Waals surface area (Å²) in [6.45, 7) is 5.25. The quantitative estimate of drug-likeness (QED) is 0.621. The second-order valence-corrected chi connectivity index (χ2v) is 7.62. The first-order chi connectivity index (χ1) is 15.2. The molecule has 31 heavy (non-hydrogen) atoms. The summed E-state index contributed by atoms with van der Waals surface area (Å²) in [5, 5.41) is 3.13. The molecule has 6 nitrogen and oxygen atoms in total. The number of hydrogen-bond acceptors (Lipinski definition) is 5. The molecule has 162 valence electrons. The van der Waals surface area contributed by atoms with Gasteiger partial charge in [0, 0.05) is 13.1 Å². The molecule has 0 radical (unpaired) electrons. The monoisotopic (exact) mass is 420 g/mol. The highest BCUT2D eigenvalue weighted by Gasteiger charge is 2.24. The highest BCUT2D eigenvalue weighted by Crippen LogP contribution is 2.26. The molecule has 1 aromatic heterocycles. The summed E-state index contributed by atoms with van der Waals surface area (Å²) in [5.74, 6) is 1.62. The Hall–Kier alpha value is -3.09. The molecule has 4 rings (SSSR count). The molecule has 1 amide bonds. The first-order valence-corrected chi connectivity index (χ1v) is 10.6. The highest BCUT2D eigenvalue weighted by atomic mass is 16.5. The molecule has 1 N–H and O–H groups in total. The summed E-state index contributed by atoms with van der Waals surface area (Å²) >= 11 is 0. The van der Waals surface area contributed by atoms with Crippen LogP contribution in [0.4, 0.5) is 0 Å². The van der Waals surface area contributed by atoms with Crippen molar-refractivity contribution < 1.29 is 18.7 Å². The molecule has 0 unspecified atom stereocenters. The molecule has 0 aliphatic carbocycles. The van der Waals surface area contributed by atoms with E-state index in [2.05, 4.69) is 17.1 Å². The molecular weight excluding hydrogens is 392 g/mol.